The van der Waals surface area contributed by atoms with Crippen LogP contribution in [0.1, 0.15) is 23.6 Å². The third-order valence-corrected chi connectivity index (χ3v) is 3.32. The highest BCUT2D eigenvalue weighted by atomic mass is 32.1. The number of carbonyl (C=O) groups is 2. The van der Waals surface area contributed by atoms with Crippen molar-refractivity contribution >= 4 is 23.2 Å². The van der Waals surface area contributed by atoms with Crippen molar-refractivity contribution in [1.82, 2.24) is 4.90 Å². The first kappa shape index (κ1) is 12.7. The predicted octanol–water partition coefficient (Wildman–Crippen LogP) is 1.78. The topological polar surface area (TPSA) is 57.6 Å². The normalized spacial score (nSPS) is 12.1. The predicted molar refractivity (Wildman–Crippen MR) is 62.6 cm³/mol. The molecule has 0 radical (unpaired) electrons. The van der Waals surface area contributed by atoms with Gasteiger partial charge in [0.25, 0.3) is 0 Å². The van der Waals surface area contributed by atoms with E-state index < -0.39 is 5.97 Å². The van der Waals surface area contributed by atoms with Crippen LogP contribution >= 0.6 is 11.3 Å². The maximum absolute atomic E-state index is 11.6. The average Bonchev–Trinajstić information content (AvgIpc) is 2.68. The molecule has 0 spiro atoms. The minimum absolute atomic E-state index is 0.0000926. The second-order valence-electron chi connectivity index (χ2n) is 3.80. The van der Waals surface area contributed by atoms with Crippen molar-refractivity contribution in [3.63, 3.8) is 0 Å². The monoisotopic (exact) mass is 241 g/mol. The highest BCUT2D eigenvalue weighted by molar-refractivity contribution is 7.10. The van der Waals surface area contributed by atoms with E-state index in [0.717, 1.165) is 4.88 Å². The van der Waals surface area contributed by atoms with Crippen LogP contribution in [-0.2, 0) is 9.59 Å². The first-order valence-electron chi connectivity index (χ1n) is 4.96. The Bertz CT molecular complexity index is 359. The summed E-state index contributed by atoms with van der Waals surface area (Å²) in [4.78, 5) is 24.7. The lowest BCUT2D eigenvalue weighted by molar-refractivity contribution is -0.137. The van der Waals surface area contributed by atoms with Gasteiger partial charge >= 0.3 is 5.97 Å². The molecule has 88 valence electrons. The lowest BCUT2D eigenvalue weighted by Crippen LogP contribution is -2.24. The van der Waals surface area contributed by atoms with Gasteiger partial charge in [-0.25, -0.2) is 0 Å². The van der Waals surface area contributed by atoms with Gasteiger partial charge in [-0.3, -0.25) is 9.59 Å². The summed E-state index contributed by atoms with van der Waals surface area (Å²) in [7, 11) is 3.35. The lowest BCUT2D eigenvalue weighted by Gasteiger charge is -2.16. The van der Waals surface area contributed by atoms with E-state index in [1.54, 1.807) is 14.1 Å². The summed E-state index contributed by atoms with van der Waals surface area (Å²) in [5.41, 5.74) is 0. The number of thiophene rings is 1. The van der Waals surface area contributed by atoms with Crippen LogP contribution in [-0.4, -0.2) is 36.0 Å². The first-order chi connectivity index (χ1) is 7.50. The summed E-state index contributed by atoms with van der Waals surface area (Å²) in [6, 6.07) is 3.75. The van der Waals surface area contributed by atoms with Gasteiger partial charge in [0.05, 0.1) is 6.42 Å². The molecule has 0 bridgehead atoms. The summed E-state index contributed by atoms with van der Waals surface area (Å²) >= 11 is 1.49. The zero-order chi connectivity index (χ0) is 12.1. The van der Waals surface area contributed by atoms with Gasteiger partial charge in [-0.2, -0.15) is 0 Å². The first-order valence-corrected chi connectivity index (χ1v) is 5.84. The molecule has 1 aromatic heterocycles. The number of amides is 1. The Labute approximate surface area is 98.5 Å². The maximum atomic E-state index is 11.6. The van der Waals surface area contributed by atoms with E-state index in [0.29, 0.717) is 0 Å². The Balaban J connectivity index is 2.72. The van der Waals surface area contributed by atoms with Gasteiger partial charge in [-0.1, -0.05) is 6.07 Å². The molecule has 0 aliphatic carbocycles. The molecule has 0 aromatic carbocycles. The van der Waals surface area contributed by atoms with Crippen molar-refractivity contribution in [1.29, 1.82) is 0 Å². The molecular formula is C11H15NO3S. The van der Waals surface area contributed by atoms with Crippen molar-refractivity contribution in [2.45, 2.75) is 18.8 Å². The van der Waals surface area contributed by atoms with E-state index >= 15 is 0 Å². The Morgan fingerprint density at radius 2 is 2.12 bits per heavy atom. The van der Waals surface area contributed by atoms with E-state index in [2.05, 4.69) is 0 Å². The second kappa shape index (κ2) is 5.65. The minimum atomic E-state index is -0.870. The smallest absolute Gasteiger partial charge is 0.304 e. The fourth-order valence-corrected chi connectivity index (χ4v) is 2.23. The van der Waals surface area contributed by atoms with E-state index in [4.69, 9.17) is 5.11 Å². The molecule has 1 rings (SSSR count). The minimum Gasteiger partial charge on any atom is -0.481 e. The Hall–Kier alpha value is -1.36. The van der Waals surface area contributed by atoms with Crippen LogP contribution in [0, 0.1) is 0 Å². The number of hydrogen-bond acceptors (Lipinski definition) is 3. The number of nitrogens with zero attached hydrogens (tertiary/aromatic N) is 1. The molecule has 4 nitrogen and oxygen atoms in total. The quantitative estimate of drug-likeness (QED) is 0.855. The van der Waals surface area contributed by atoms with Gasteiger partial charge in [0.2, 0.25) is 5.91 Å². The summed E-state index contributed by atoms with van der Waals surface area (Å²) < 4.78 is 0. The highest BCUT2D eigenvalue weighted by Gasteiger charge is 2.20. The van der Waals surface area contributed by atoms with Gasteiger partial charge in [-0.05, 0) is 11.4 Å². The van der Waals surface area contributed by atoms with Gasteiger partial charge in [-0.15, -0.1) is 11.3 Å². The molecule has 1 heterocycles. The van der Waals surface area contributed by atoms with E-state index in [1.807, 2.05) is 17.5 Å². The zero-order valence-corrected chi connectivity index (χ0v) is 10.2. The molecule has 1 aromatic rings. The molecule has 0 saturated heterocycles. The largest absolute Gasteiger partial charge is 0.481 e. The van der Waals surface area contributed by atoms with E-state index in [9.17, 15) is 9.59 Å². The number of hydrogen-bond donors (Lipinski definition) is 1. The van der Waals surface area contributed by atoms with Gasteiger partial charge in [0.15, 0.2) is 0 Å². The number of carboxylic acids is 1. The van der Waals surface area contributed by atoms with E-state index in [-0.39, 0.29) is 24.7 Å². The SMILES string of the molecule is CN(C)C(=O)CC(CC(=O)O)c1cccs1. The van der Waals surface area contributed by atoms with Gasteiger partial charge < -0.3 is 10.0 Å². The standard InChI is InChI=1S/C11H15NO3S/c1-12(2)10(13)6-8(7-11(14)15)9-4-3-5-16-9/h3-5,8H,6-7H2,1-2H3,(H,14,15). The maximum Gasteiger partial charge on any atom is 0.304 e. The van der Waals surface area contributed by atoms with Crippen LogP contribution in [0.15, 0.2) is 17.5 Å². The van der Waals surface area contributed by atoms with Crippen molar-refractivity contribution < 1.29 is 14.7 Å². The van der Waals surface area contributed by atoms with Crippen molar-refractivity contribution in [3.05, 3.63) is 22.4 Å². The molecule has 1 N–H and O–H groups in total. The second-order valence-corrected chi connectivity index (χ2v) is 4.78. The summed E-state index contributed by atoms with van der Waals surface area (Å²) in [5.74, 6) is -1.13. The molecule has 5 heteroatoms. The van der Waals surface area contributed by atoms with Crippen LogP contribution in [0.25, 0.3) is 0 Å². The number of rotatable bonds is 5. The molecule has 0 aliphatic rings. The molecule has 16 heavy (non-hydrogen) atoms. The summed E-state index contributed by atoms with van der Waals surface area (Å²) in [5, 5.41) is 10.7. The van der Waals surface area contributed by atoms with Crippen LogP contribution in [0.5, 0.6) is 0 Å². The zero-order valence-electron chi connectivity index (χ0n) is 9.34. The number of carboxylic acid groups (broad SMARTS) is 1. The molecule has 1 amide bonds. The van der Waals surface area contributed by atoms with Crippen LogP contribution in [0.2, 0.25) is 0 Å². The Kier molecular flexibility index (Phi) is 4.49. The molecular weight excluding hydrogens is 226 g/mol. The van der Waals surface area contributed by atoms with Gasteiger partial charge in [0.1, 0.15) is 0 Å². The Morgan fingerprint density at radius 1 is 1.44 bits per heavy atom. The third kappa shape index (κ3) is 3.66. The van der Waals surface area contributed by atoms with Crippen molar-refractivity contribution in [3.8, 4) is 0 Å². The Morgan fingerprint density at radius 3 is 2.56 bits per heavy atom. The van der Waals surface area contributed by atoms with Crippen molar-refractivity contribution in [2.24, 2.45) is 0 Å². The van der Waals surface area contributed by atoms with E-state index in [1.165, 1.54) is 16.2 Å². The summed E-state index contributed by atoms with van der Waals surface area (Å²) in [6.45, 7) is 0. The lowest BCUT2D eigenvalue weighted by atomic mass is 9.99. The molecule has 0 fully saturated rings. The number of aliphatic carboxylic acids is 1. The molecule has 1 unspecified atom stereocenters. The summed E-state index contributed by atoms with van der Waals surface area (Å²) in [6.07, 6.45) is 0.250. The number of carbonyl (C=O) groups excluding carboxylic acids is 1. The van der Waals surface area contributed by atoms with Crippen LogP contribution in [0.4, 0.5) is 0 Å². The molecule has 1 atom stereocenters. The average molecular weight is 241 g/mol. The molecule has 0 aliphatic heterocycles. The van der Waals surface area contributed by atoms with Crippen LogP contribution in [0.3, 0.4) is 0 Å². The molecule has 0 saturated carbocycles. The van der Waals surface area contributed by atoms with Crippen LogP contribution < -0.4 is 0 Å². The fraction of sp³-hybridized carbons (Fsp3) is 0.455. The van der Waals surface area contributed by atoms with Gasteiger partial charge in [0, 0.05) is 31.3 Å². The highest BCUT2D eigenvalue weighted by Crippen LogP contribution is 2.28. The fourth-order valence-electron chi connectivity index (χ4n) is 1.40. The third-order valence-electron chi connectivity index (χ3n) is 2.29. The van der Waals surface area contributed by atoms with Crippen molar-refractivity contribution in [2.75, 3.05) is 14.1 Å².